The first-order valence-electron chi connectivity index (χ1n) is 15.7. The first-order valence-corrected chi connectivity index (χ1v) is 18.1. The highest BCUT2D eigenvalue weighted by atomic mass is 35.5. The molecule has 1 atom stereocenters. The molecule has 1 heterocycles. The Morgan fingerprint density at radius 2 is 1.64 bits per heavy atom. The van der Waals surface area contributed by atoms with Crippen molar-refractivity contribution >= 4 is 51.0 Å². The number of anilines is 1. The average molecular weight is 760 g/mol. The van der Waals surface area contributed by atoms with Crippen LogP contribution in [0.25, 0.3) is 0 Å². The molecule has 1 amide bonds. The average Bonchev–Trinajstić information content (AvgIpc) is 3.85. The Kier molecular flexibility index (Phi) is 12.9. The number of ether oxygens (including phenoxy) is 4. The van der Waals surface area contributed by atoms with E-state index in [1.165, 1.54) is 54.9 Å². The third-order valence-electron chi connectivity index (χ3n) is 7.33. The van der Waals surface area contributed by atoms with Crippen molar-refractivity contribution in [1.82, 2.24) is 4.90 Å². The minimum Gasteiger partial charge on any atom is -0.489 e. The van der Waals surface area contributed by atoms with E-state index in [1.807, 2.05) is 0 Å². The molecule has 0 aliphatic heterocycles. The molecule has 2 aromatic carbocycles. The van der Waals surface area contributed by atoms with Crippen molar-refractivity contribution in [2.24, 2.45) is 5.92 Å². The normalized spacial score (nSPS) is 14.0. The van der Waals surface area contributed by atoms with Crippen LogP contribution in [0.15, 0.2) is 54.9 Å². The fourth-order valence-corrected chi connectivity index (χ4v) is 6.63. The Labute approximate surface area is 300 Å². The number of hydrogen-bond acceptors (Lipinski definition) is 9. The molecule has 1 saturated carbocycles. The highest BCUT2D eigenvalue weighted by Gasteiger charge is 2.34. The summed E-state index contributed by atoms with van der Waals surface area (Å²) in [6.07, 6.45) is 2.78. The number of nitrogens with zero attached hydrogens (tertiary/aromatic N) is 2. The molecule has 11 nitrogen and oxygen atoms in total. The smallest absolute Gasteiger partial charge is 0.428 e. The van der Waals surface area contributed by atoms with Crippen molar-refractivity contribution in [2.45, 2.75) is 58.4 Å². The minimum absolute atomic E-state index is 0.0101. The molecule has 4 rings (SSSR count). The van der Waals surface area contributed by atoms with Crippen LogP contribution in [0.3, 0.4) is 0 Å². The van der Waals surface area contributed by atoms with Crippen LogP contribution < -0.4 is 18.8 Å². The fraction of sp³-hybridized carbons (Fsp3) is 0.441. The molecule has 1 aromatic heterocycles. The number of amides is 1. The van der Waals surface area contributed by atoms with E-state index in [-0.39, 0.29) is 51.5 Å². The van der Waals surface area contributed by atoms with E-state index in [1.54, 1.807) is 39.8 Å². The number of pyridine rings is 1. The van der Waals surface area contributed by atoms with Crippen LogP contribution in [-0.2, 0) is 25.9 Å². The molecule has 0 radical (unpaired) electrons. The number of esters is 1. The Bertz CT molecular complexity index is 1750. The maximum atomic E-state index is 13.6. The second-order valence-corrected chi connectivity index (χ2v) is 15.7. The summed E-state index contributed by atoms with van der Waals surface area (Å²) in [6, 6.07) is 9.46. The molecule has 50 heavy (non-hydrogen) atoms. The molecule has 1 N–H and O–H groups in total. The van der Waals surface area contributed by atoms with Crippen LogP contribution in [-0.4, -0.2) is 70.6 Å². The molecule has 1 aliphatic carbocycles. The number of hydrogen-bond donors (Lipinski definition) is 0. The van der Waals surface area contributed by atoms with Gasteiger partial charge in [-0.05, 0) is 95.6 Å². The van der Waals surface area contributed by atoms with Gasteiger partial charge in [-0.1, -0.05) is 29.3 Å². The van der Waals surface area contributed by atoms with E-state index in [4.69, 9.17) is 37.4 Å². The summed E-state index contributed by atoms with van der Waals surface area (Å²) in [6.45, 7) is 2.19. The number of aromatic amines is 1. The SMILES string of the molecule is CN(C)CCS(=O)(=O)N(C(=O)OC(C)(C)C)c1ccc(C(=O)O[C@@H](Cc2c(Cl)c[nH+]cc2Cl)c2ccc(OC(F)F)c(OCC3CC3)c2)cc1. The molecule has 3 aromatic rings. The molecule has 0 spiro atoms. The summed E-state index contributed by atoms with van der Waals surface area (Å²) in [4.78, 5) is 31.2. The Morgan fingerprint density at radius 3 is 2.20 bits per heavy atom. The van der Waals surface area contributed by atoms with Crippen LogP contribution in [0.5, 0.6) is 11.5 Å². The van der Waals surface area contributed by atoms with Gasteiger partial charge in [0.1, 0.15) is 21.8 Å². The van der Waals surface area contributed by atoms with Gasteiger partial charge in [0.15, 0.2) is 23.9 Å². The highest BCUT2D eigenvalue weighted by molar-refractivity contribution is 7.93. The van der Waals surface area contributed by atoms with Crippen molar-refractivity contribution < 1.29 is 50.7 Å². The highest BCUT2D eigenvalue weighted by Crippen LogP contribution is 2.38. The lowest BCUT2D eigenvalue weighted by Crippen LogP contribution is -2.43. The molecule has 0 saturated heterocycles. The zero-order chi connectivity index (χ0) is 36.8. The molecule has 1 fully saturated rings. The van der Waals surface area contributed by atoms with Gasteiger partial charge in [0.2, 0.25) is 10.0 Å². The van der Waals surface area contributed by atoms with E-state index >= 15 is 0 Å². The van der Waals surface area contributed by atoms with Gasteiger partial charge in [-0.15, -0.1) is 0 Å². The Hall–Kier alpha value is -3.72. The van der Waals surface area contributed by atoms with E-state index in [0.717, 1.165) is 12.8 Å². The topological polar surface area (TPSA) is 126 Å². The monoisotopic (exact) mass is 758 g/mol. The fourth-order valence-electron chi connectivity index (χ4n) is 4.61. The number of benzene rings is 2. The van der Waals surface area contributed by atoms with Gasteiger partial charge in [0.05, 0.1) is 23.6 Å². The molecule has 16 heteroatoms. The summed E-state index contributed by atoms with van der Waals surface area (Å²) in [7, 11) is -0.788. The first kappa shape index (κ1) is 39.1. The zero-order valence-electron chi connectivity index (χ0n) is 28.3. The van der Waals surface area contributed by atoms with E-state index in [9.17, 15) is 26.8 Å². The van der Waals surface area contributed by atoms with Gasteiger partial charge in [-0.25, -0.2) is 23.0 Å². The predicted octanol–water partition coefficient (Wildman–Crippen LogP) is 6.97. The van der Waals surface area contributed by atoms with Crippen molar-refractivity contribution in [3.05, 3.63) is 81.6 Å². The lowest BCUT2D eigenvalue weighted by atomic mass is 10.0. The predicted molar refractivity (Wildman–Crippen MR) is 184 cm³/mol. The molecule has 1 aliphatic rings. The second kappa shape index (κ2) is 16.5. The number of carbonyl (C=O) groups is 2. The molecule has 0 unspecified atom stereocenters. The third kappa shape index (κ3) is 11.1. The second-order valence-electron chi connectivity index (χ2n) is 13.0. The summed E-state index contributed by atoms with van der Waals surface area (Å²) in [5.74, 6) is -1.01. The van der Waals surface area contributed by atoms with E-state index in [2.05, 4.69) is 9.72 Å². The van der Waals surface area contributed by atoms with E-state index < -0.39 is 40.4 Å². The number of rotatable bonds is 15. The van der Waals surface area contributed by atoms with Gasteiger partial charge in [0.25, 0.3) is 0 Å². The number of halogens is 4. The first-order chi connectivity index (χ1) is 23.4. The number of alkyl halides is 2. The quantitative estimate of drug-likeness (QED) is 0.151. The standard InChI is InChI=1S/C34H39Cl2F2N3O8S/c1-34(2,3)49-33(43)41(50(44,45)15-14-40(4)5)24-11-8-22(9-12-24)31(42)47-29(17-25-26(35)18-39-19-27(25)36)23-10-13-28(48-32(37)38)30(16-23)46-20-21-6-7-21/h8-13,16,18-19,21,29,32H,6-7,14-15,17,20H2,1-5H3/p+1/t29-/m0/s1. The molecular formula is C34H40Cl2F2N3O8S+. The lowest BCUT2D eigenvalue weighted by molar-refractivity contribution is -0.377. The summed E-state index contributed by atoms with van der Waals surface area (Å²) < 4.78 is 75.5. The minimum atomic E-state index is -4.19. The van der Waals surface area contributed by atoms with Crippen molar-refractivity contribution in [3.8, 4) is 11.5 Å². The number of sulfonamides is 1. The van der Waals surface area contributed by atoms with Gasteiger partial charge in [-0.2, -0.15) is 13.1 Å². The number of aromatic nitrogens is 1. The number of H-pyrrole nitrogens is 1. The molecular weight excluding hydrogens is 719 g/mol. The van der Waals surface area contributed by atoms with Gasteiger partial charge >= 0.3 is 18.7 Å². The lowest BCUT2D eigenvalue weighted by Gasteiger charge is -2.27. The van der Waals surface area contributed by atoms with Crippen LogP contribution in [0.1, 0.15) is 61.2 Å². The van der Waals surface area contributed by atoms with Crippen LogP contribution in [0.2, 0.25) is 10.0 Å². The Morgan fingerprint density at radius 1 is 1.00 bits per heavy atom. The van der Waals surface area contributed by atoms with Crippen LogP contribution >= 0.6 is 23.2 Å². The maximum absolute atomic E-state index is 13.6. The summed E-state index contributed by atoms with van der Waals surface area (Å²) in [5, 5.41) is 0.534. The summed E-state index contributed by atoms with van der Waals surface area (Å²) in [5.41, 5.74) is -0.178. The molecule has 272 valence electrons. The third-order valence-corrected chi connectivity index (χ3v) is 9.62. The van der Waals surface area contributed by atoms with Gasteiger partial charge < -0.3 is 23.8 Å². The largest absolute Gasteiger partial charge is 0.489 e. The maximum Gasteiger partial charge on any atom is 0.428 e. The van der Waals surface area contributed by atoms with Gasteiger partial charge in [0, 0.05) is 18.5 Å². The van der Waals surface area contributed by atoms with Crippen molar-refractivity contribution in [1.29, 1.82) is 0 Å². The molecule has 0 bridgehead atoms. The van der Waals surface area contributed by atoms with E-state index in [0.29, 0.717) is 28.0 Å². The number of nitrogens with one attached hydrogen (secondary N) is 1. The zero-order valence-corrected chi connectivity index (χ0v) is 30.6. The van der Waals surface area contributed by atoms with Crippen molar-refractivity contribution in [3.63, 3.8) is 0 Å². The van der Waals surface area contributed by atoms with Crippen LogP contribution in [0, 0.1) is 5.92 Å². The van der Waals surface area contributed by atoms with Crippen LogP contribution in [0.4, 0.5) is 19.3 Å². The van der Waals surface area contributed by atoms with Gasteiger partial charge in [-0.3, -0.25) is 0 Å². The van der Waals surface area contributed by atoms with Crippen molar-refractivity contribution in [2.75, 3.05) is 37.3 Å². The Balaban J connectivity index is 1.66. The number of carbonyl (C=O) groups excluding carboxylic acids is 2. The summed E-state index contributed by atoms with van der Waals surface area (Å²) >= 11 is 12.9.